The van der Waals surface area contributed by atoms with Crippen LogP contribution in [0.15, 0.2) is 18.2 Å². The summed E-state index contributed by atoms with van der Waals surface area (Å²) in [6.45, 7) is 0.359. The van der Waals surface area contributed by atoms with Gasteiger partial charge in [-0.05, 0) is 17.7 Å². The molecule has 1 aromatic carbocycles. The summed E-state index contributed by atoms with van der Waals surface area (Å²) in [4.78, 5) is 13.5. The maximum atomic E-state index is 12.0. The molecular weight excluding hydrogens is 234 g/mol. The summed E-state index contributed by atoms with van der Waals surface area (Å²) in [5, 5.41) is 9.94. The van der Waals surface area contributed by atoms with Crippen molar-refractivity contribution in [2.45, 2.75) is 12.0 Å². The van der Waals surface area contributed by atoms with Gasteiger partial charge in [-0.1, -0.05) is 6.07 Å². The van der Waals surface area contributed by atoms with Crippen LogP contribution in [-0.2, 0) is 4.79 Å². The van der Waals surface area contributed by atoms with Gasteiger partial charge in [0.15, 0.2) is 11.5 Å². The highest BCUT2D eigenvalue weighted by atomic mass is 16.5. The Hall–Kier alpha value is -1.75. The molecule has 0 bridgehead atoms. The van der Waals surface area contributed by atoms with Crippen LogP contribution >= 0.6 is 0 Å². The molecule has 1 amide bonds. The van der Waals surface area contributed by atoms with Crippen molar-refractivity contribution < 1.29 is 19.4 Å². The summed E-state index contributed by atoms with van der Waals surface area (Å²) in [5.74, 6) is 0.573. The molecule has 0 saturated carbocycles. The summed E-state index contributed by atoms with van der Waals surface area (Å²) in [5.41, 5.74) is 0.745. The van der Waals surface area contributed by atoms with Gasteiger partial charge in [0.05, 0.1) is 26.2 Å². The molecule has 2 unspecified atom stereocenters. The number of rotatable bonds is 3. The van der Waals surface area contributed by atoms with Crippen molar-refractivity contribution in [2.24, 2.45) is 0 Å². The van der Waals surface area contributed by atoms with Crippen molar-refractivity contribution in [1.82, 2.24) is 4.90 Å². The molecule has 2 rings (SSSR count). The number of likely N-dealkylation sites (N-methyl/N-ethyl adjacent to an activating group) is 1. The average Bonchev–Trinajstić information content (AvgIpc) is 2.62. The predicted molar refractivity (Wildman–Crippen MR) is 65.9 cm³/mol. The van der Waals surface area contributed by atoms with E-state index in [-0.39, 0.29) is 5.91 Å². The molecule has 2 atom stereocenters. The minimum Gasteiger partial charge on any atom is -0.493 e. The van der Waals surface area contributed by atoms with Crippen LogP contribution in [0.4, 0.5) is 0 Å². The Kier molecular flexibility index (Phi) is 3.43. The Morgan fingerprint density at radius 1 is 1.28 bits per heavy atom. The summed E-state index contributed by atoms with van der Waals surface area (Å²) >= 11 is 0. The van der Waals surface area contributed by atoms with Gasteiger partial charge in [0.1, 0.15) is 0 Å². The Morgan fingerprint density at radius 2 is 1.94 bits per heavy atom. The first-order valence-corrected chi connectivity index (χ1v) is 5.73. The number of carbonyl (C=O) groups is 1. The molecule has 0 aliphatic carbocycles. The van der Waals surface area contributed by atoms with E-state index in [2.05, 4.69) is 0 Å². The zero-order chi connectivity index (χ0) is 13.3. The number of likely N-dealkylation sites (tertiary alicyclic amines) is 1. The largest absolute Gasteiger partial charge is 0.493 e. The third-order valence-corrected chi connectivity index (χ3v) is 3.25. The first kappa shape index (κ1) is 12.7. The third-order valence-electron chi connectivity index (χ3n) is 3.25. The molecule has 0 radical (unpaired) electrons. The standard InChI is InChI=1S/C13H17NO4/c1-14-7-9(15)12(13(14)16)8-4-5-10(17-2)11(6-8)18-3/h4-6,9,12,15H,7H2,1-3H3. The smallest absolute Gasteiger partial charge is 0.232 e. The summed E-state index contributed by atoms with van der Waals surface area (Å²) < 4.78 is 10.3. The van der Waals surface area contributed by atoms with Crippen molar-refractivity contribution in [2.75, 3.05) is 27.8 Å². The SMILES string of the molecule is COc1ccc(C2C(=O)N(C)CC2O)cc1OC. The number of aliphatic hydroxyl groups is 1. The van der Waals surface area contributed by atoms with Gasteiger partial charge in [-0.2, -0.15) is 0 Å². The van der Waals surface area contributed by atoms with E-state index < -0.39 is 12.0 Å². The van der Waals surface area contributed by atoms with Gasteiger partial charge in [-0.15, -0.1) is 0 Å². The van der Waals surface area contributed by atoms with Gasteiger partial charge in [0, 0.05) is 13.6 Å². The number of nitrogens with zero attached hydrogens (tertiary/aromatic N) is 1. The minimum absolute atomic E-state index is 0.0743. The lowest BCUT2D eigenvalue weighted by Crippen LogP contribution is -2.21. The molecule has 1 N–H and O–H groups in total. The normalized spacial score (nSPS) is 23.3. The maximum absolute atomic E-state index is 12.0. The molecule has 1 heterocycles. The van der Waals surface area contributed by atoms with E-state index in [4.69, 9.17) is 9.47 Å². The van der Waals surface area contributed by atoms with E-state index in [1.165, 1.54) is 4.90 Å². The first-order valence-electron chi connectivity index (χ1n) is 5.73. The van der Waals surface area contributed by atoms with E-state index in [0.717, 1.165) is 5.56 Å². The minimum atomic E-state index is -0.680. The number of amides is 1. The number of carbonyl (C=O) groups excluding carboxylic acids is 1. The highest BCUT2D eigenvalue weighted by Gasteiger charge is 2.38. The van der Waals surface area contributed by atoms with Crippen molar-refractivity contribution in [3.63, 3.8) is 0 Å². The fourth-order valence-corrected chi connectivity index (χ4v) is 2.29. The van der Waals surface area contributed by atoms with Gasteiger partial charge in [0.2, 0.25) is 5.91 Å². The van der Waals surface area contributed by atoms with Crippen molar-refractivity contribution in [1.29, 1.82) is 0 Å². The number of hydrogen-bond acceptors (Lipinski definition) is 4. The Labute approximate surface area is 106 Å². The van der Waals surface area contributed by atoms with Crippen LogP contribution < -0.4 is 9.47 Å². The monoisotopic (exact) mass is 251 g/mol. The van der Waals surface area contributed by atoms with Crippen molar-refractivity contribution >= 4 is 5.91 Å². The second kappa shape index (κ2) is 4.86. The van der Waals surface area contributed by atoms with Gasteiger partial charge < -0.3 is 19.5 Å². The first-order chi connectivity index (χ1) is 8.58. The van der Waals surface area contributed by atoms with Crippen LogP contribution in [-0.4, -0.2) is 49.8 Å². The highest BCUT2D eigenvalue weighted by Crippen LogP contribution is 2.34. The fraction of sp³-hybridized carbons (Fsp3) is 0.462. The quantitative estimate of drug-likeness (QED) is 0.855. The average molecular weight is 251 g/mol. The van der Waals surface area contributed by atoms with Crippen LogP contribution in [0.25, 0.3) is 0 Å². The highest BCUT2D eigenvalue weighted by molar-refractivity contribution is 5.86. The number of ether oxygens (including phenoxy) is 2. The summed E-state index contributed by atoms with van der Waals surface area (Å²) in [7, 11) is 4.79. The number of β-amino-alcohol motifs (C(OH)–C–C–N with tert-alkyl or cyclic N) is 1. The molecule has 5 nitrogen and oxygen atoms in total. The Bertz CT molecular complexity index is 460. The van der Waals surface area contributed by atoms with Crippen LogP contribution in [0.5, 0.6) is 11.5 Å². The molecular formula is C13H17NO4. The zero-order valence-corrected chi connectivity index (χ0v) is 10.7. The number of methoxy groups -OCH3 is 2. The molecule has 1 saturated heterocycles. The topological polar surface area (TPSA) is 59.0 Å². The Balaban J connectivity index is 2.37. The second-order valence-corrected chi connectivity index (χ2v) is 4.38. The molecule has 18 heavy (non-hydrogen) atoms. The van der Waals surface area contributed by atoms with Crippen LogP contribution in [0.3, 0.4) is 0 Å². The van der Waals surface area contributed by atoms with Gasteiger partial charge >= 0.3 is 0 Å². The predicted octanol–water partition coefficient (Wildman–Crippen LogP) is 0.620. The molecule has 1 aromatic rings. The molecule has 1 fully saturated rings. The number of benzene rings is 1. The lowest BCUT2D eigenvalue weighted by molar-refractivity contribution is -0.128. The fourth-order valence-electron chi connectivity index (χ4n) is 2.29. The Morgan fingerprint density at radius 3 is 2.44 bits per heavy atom. The second-order valence-electron chi connectivity index (χ2n) is 4.38. The third kappa shape index (κ3) is 2.01. The van der Waals surface area contributed by atoms with E-state index >= 15 is 0 Å². The molecule has 5 heteroatoms. The zero-order valence-electron chi connectivity index (χ0n) is 10.7. The molecule has 0 aromatic heterocycles. The molecule has 1 aliphatic rings. The van der Waals surface area contributed by atoms with Crippen LogP contribution in [0.1, 0.15) is 11.5 Å². The van der Waals surface area contributed by atoms with Gasteiger partial charge in [0.25, 0.3) is 0 Å². The molecule has 1 aliphatic heterocycles. The van der Waals surface area contributed by atoms with Gasteiger partial charge in [-0.25, -0.2) is 0 Å². The van der Waals surface area contributed by atoms with E-state index in [0.29, 0.717) is 18.0 Å². The van der Waals surface area contributed by atoms with E-state index in [9.17, 15) is 9.90 Å². The van der Waals surface area contributed by atoms with Crippen molar-refractivity contribution in [3.8, 4) is 11.5 Å². The van der Waals surface area contributed by atoms with Crippen LogP contribution in [0.2, 0.25) is 0 Å². The molecule has 0 spiro atoms. The number of hydrogen-bond donors (Lipinski definition) is 1. The summed E-state index contributed by atoms with van der Waals surface area (Å²) in [6, 6.07) is 5.27. The van der Waals surface area contributed by atoms with Crippen LogP contribution in [0, 0.1) is 0 Å². The summed E-state index contributed by atoms with van der Waals surface area (Å²) in [6.07, 6.45) is -0.680. The molecule has 98 valence electrons. The lowest BCUT2D eigenvalue weighted by atomic mass is 9.95. The number of aliphatic hydroxyl groups excluding tert-OH is 1. The van der Waals surface area contributed by atoms with Gasteiger partial charge in [-0.3, -0.25) is 4.79 Å². The maximum Gasteiger partial charge on any atom is 0.232 e. The van der Waals surface area contributed by atoms with E-state index in [1.807, 2.05) is 0 Å². The lowest BCUT2D eigenvalue weighted by Gasteiger charge is -2.15. The van der Waals surface area contributed by atoms with E-state index in [1.54, 1.807) is 39.5 Å². The van der Waals surface area contributed by atoms with Crippen molar-refractivity contribution in [3.05, 3.63) is 23.8 Å².